The number of aromatic nitrogens is 2. The molecule has 0 aliphatic carbocycles. The predicted octanol–water partition coefficient (Wildman–Crippen LogP) is 2.44. The normalized spacial score (nSPS) is 19.6. The zero-order valence-corrected chi connectivity index (χ0v) is 15.2. The monoisotopic (exact) mass is 328 g/mol. The summed E-state index contributed by atoms with van der Waals surface area (Å²) in [6, 6.07) is 8.93. The van der Waals surface area contributed by atoms with Crippen LogP contribution in [0.2, 0.25) is 0 Å². The molecule has 0 spiro atoms. The highest BCUT2D eigenvalue weighted by atomic mass is 16.5. The van der Waals surface area contributed by atoms with Crippen LogP contribution in [0.4, 0.5) is 0 Å². The van der Waals surface area contributed by atoms with E-state index in [0.29, 0.717) is 6.04 Å². The van der Waals surface area contributed by atoms with E-state index in [-0.39, 0.29) is 0 Å². The van der Waals surface area contributed by atoms with Crippen molar-refractivity contribution in [3.05, 3.63) is 47.3 Å². The lowest BCUT2D eigenvalue weighted by molar-refractivity contribution is 0.0731. The second-order valence-corrected chi connectivity index (χ2v) is 6.78. The van der Waals surface area contributed by atoms with Crippen LogP contribution in [0.3, 0.4) is 0 Å². The molecule has 2 heterocycles. The molecule has 3 rings (SSSR count). The molecule has 1 saturated heterocycles. The Labute approximate surface area is 144 Å². The van der Waals surface area contributed by atoms with E-state index in [1.54, 1.807) is 7.11 Å². The first-order chi connectivity index (χ1) is 11.6. The van der Waals surface area contributed by atoms with E-state index in [9.17, 15) is 0 Å². The van der Waals surface area contributed by atoms with Crippen molar-refractivity contribution in [2.75, 3.05) is 26.7 Å². The summed E-state index contributed by atoms with van der Waals surface area (Å²) < 4.78 is 7.28. The Kier molecular flexibility index (Phi) is 5.21. The van der Waals surface area contributed by atoms with Crippen LogP contribution in [0, 0.1) is 6.92 Å². The maximum atomic E-state index is 5.33. The number of methoxy groups -OCH3 is 1. The molecule has 0 radical (unpaired) electrons. The molecule has 1 aromatic heterocycles. The van der Waals surface area contributed by atoms with Crippen LogP contribution in [-0.2, 0) is 20.1 Å². The van der Waals surface area contributed by atoms with E-state index in [1.165, 1.54) is 16.8 Å². The summed E-state index contributed by atoms with van der Waals surface area (Å²) in [5, 5.41) is 4.36. The van der Waals surface area contributed by atoms with Gasteiger partial charge in [-0.15, -0.1) is 0 Å². The van der Waals surface area contributed by atoms with Crippen molar-refractivity contribution in [1.29, 1.82) is 0 Å². The van der Waals surface area contributed by atoms with Crippen LogP contribution in [0.15, 0.2) is 30.5 Å². The molecule has 5 nitrogen and oxygen atoms in total. The van der Waals surface area contributed by atoms with Gasteiger partial charge < -0.3 is 4.74 Å². The van der Waals surface area contributed by atoms with E-state index >= 15 is 0 Å². The van der Waals surface area contributed by atoms with Gasteiger partial charge in [0.15, 0.2) is 0 Å². The molecule has 0 bridgehead atoms. The molecule has 1 aromatic carbocycles. The molecule has 0 N–H and O–H groups in total. The van der Waals surface area contributed by atoms with Crippen LogP contribution in [0.1, 0.15) is 23.7 Å². The number of piperazine rings is 1. The maximum Gasteiger partial charge on any atom is 0.119 e. The van der Waals surface area contributed by atoms with Gasteiger partial charge in [-0.2, -0.15) is 5.10 Å². The number of hydrogen-bond donors (Lipinski definition) is 0. The van der Waals surface area contributed by atoms with Crippen LogP contribution in [-0.4, -0.2) is 52.4 Å². The van der Waals surface area contributed by atoms with Crippen LogP contribution < -0.4 is 4.74 Å². The zero-order chi connectivity index (χ0) is 17.1. The van der Waals surface area contributed by atoms with Crippen molar-refractivity contribution >= 4 is 0 Å². The third-order valence-electron chi connectivity index (χ3n) is 5.10. The molecule has 5 heteroatoms. The predicted molar refractivity (Wildman–Crippen MR) is 96.1 cm³/mol. The van der Waals surface area contributed by atoms with Crippen molar-refractivity contribution in [1.82, 2.24) is 19.6 Å². The van der Waals surface area contributed by atoms with Crippen LogP contribution in [0.5, 0.6) is 5.75 Å². The first-order valence-electron chi connectivity index (χ1n) is 8.63. The molecule has 0 unspecified atom stereocenters. The average molecular weight is 328 g/mol. The lowest BCUT2D eigenvalue weighted by Gasteiger charge is -2.40. The lowest BCUT2D eigenvalue weighted by atomic mass is 10.1. The van der Waals surface area contributed by atoms with E-state index in [4.69, 9.17) is 4.74 Å². The minimum Gasteiger partial charge on any atom is -0.497 e. The molecule has 130 valence electrons. The summed E-state index contributed by atoms with van der Waals surface area (Å²) in [6.45, 7) is 9.74. The molecule has 2 aromatic rings. The van der Waals surface area contributed by atoms with Gasteiger partial charge in [0.25, 0.3) is 0 Å². The van der Waals surface area contributed by atoms with Crippen molar-refractivity contribution in [2.45, 2.75) is 33.0 Å². The van der Waals surface area contributed by atoms with E-state index in [2.05, 4.69) is 46.9 Å². The number of ether oxygens (including phenoxy) is 1. The molecule has 0 amide bonds. The zero-order valence-electron chi connectivity index (χ0n) is 15.2. The van der Waals surface area contributed by atoms with Gasteiger partial charge in [-0.1, -0.05) is 12.1 Å². The third kappa shape index (κ3) is 3.79. The van der Waals surface area contributed by atoms with Gasteiger partial charge in [0.05, 0.1) is 13.3 Å². The summed E-state index contributed by atoms with van der Waals surface area (Å²) in [6.07, 6.45) is 2.00. The van der Waals surface area contributed by atoms with Gasteiger partial charge in [-0.05, 0) is 31.5 Å². The maximum absolute atomic E-state index is 5.33. The quantitative estimate of drug-likeness (QED) is 0.844. The van der Waals surface area contributed by atoms with Crippen molar-refractivity contribution < 1.29 is 4.74 Å². The van der Waals surface area contributed by atoms with Gasteiger partial charge in [0, 0.05) is 57.1 Å². The fourth-order valence-corrected chi connectivity index (χ4v) is 3.40. The smallest absolute Gasteiger partial charge is 0.119 e. The summed E-state index contributed by atoms with van der Waals surface area (Å²) >= 11 is 0. The van der Waals surface area contributed by atoms with Gasteiger partial charge in [0.1, 0.15) is 5.75 Å². The van der Waals surface area contributed by atoms with Gasteiger partial charge in [-0.25, -0.2) is 0 Å². The molecule has 24 heavy (non-hydrogen) atoms. The Morgan fingerprint density at radius 2 is 2.08 bits per heavy atom. The standard InChI is InChI=1S/C19H28N4O/c1-15-12-22(13-17-6-5-7-19(10-17)24-4)8-9-23(15)14-18-11-20-21(3)16(18)2/h5-7,10-11,15H,8-9,12-14H2,1-4H3/t15-/m0/s1. The van der Waals surface area contributed by atoms with Crippen LogP contribution in [0.25, 0.3) is 0 Å². The second kappa shape index (κ2) is 7.36. The van der Waals surface area contributed by atoms with E-state index in [1.807, 2.05) is 24.0 Å². The van der Waals surface area contributed by atoms with Crippen LogP contribution >= 0.6 is 0 Å². The number of benzene rings is 1. The highest BCUT2D eigenvalue weighted by Crippen LogP contribution is 2.19. The highest BCUT2D eigenvalue weighted by Gasteiger charge is 2.24. The van der Waals surface area contributed by atoms with Gasteiger partial charge in [-0.3, -0.25) is 14.5 Å². The highest BCUT2D eigenvalue weighted by molar-refractivity contribution is 5.28. The van der Waals surface area contributed by atoms with Gasteiger partial charge >= 0.3 is 0 Å². The molecule has 1 aliphatic heterocycles. The summed E-state index contributed by atoms with van der Waals surface area (Å²) in [4.78, 5) is 5.10. The average Bonchev–Trinajstić information content (AvgIpc) is 2.89. The van der Waals surface area contributed by atoms with Gasteiger partial charge in [0.2, 0.25) is 0 Å². The molecule has 1 fully saturated rings. The summed E-state index contributed by atoms with van der Waals surface area (Å²) in [5.41, 5.74) is 3.92. The number of hydrogen-bond acceptors (Lipinski definition) is 4. The minimum atomic E-state index is 0.545. The number of rotatable bonds is 5. The number of aryl methyl sites for hydroxylation is 1. The topological polar surface area (TPSA) is 33.5 Å². The fraction of sp³-hybridized carbons (Fsp3) is 0.526. The van der Waals surface area contributed by atoms with Crippen molar-refractivity contribution in [2.24, 2.45) is 7.05 Å². The minimum absolute atomic E-state index is 0.545. The lowest BCUT2D eigenvalue weighted by Crippen LogP contribution is -2.50. The molecule has 1 aliphatic rings. The summed E-state index contributed by atoms with van der Waals surface area (Å²) in [5.74, 6) is 0.936. The Morgan fingerprint density at radius 3 is 2.75 bits per heavy atom. The van der Waals surface area contributed by atoms with Crippen molar-refractivity contribution in [3.63, 3.8) is 0 Å². The van der Waals surface area contributed by atoms with E-state index in [0.717, 1.165) is 38.5 Å². The third-order valence-corrected chi connectivity index (χ3v) is 5.10. The van der Waals surface area contributed by atoms with Crippen molar-refractivity contribution in [3.8, 4) is 5.75 Å². The molecule has 0 saturated carbocycles. The molecule has 1 atom stereocenters. The summed E-state index contributed by atoms with van der Waals surface area (Å²) in [7, 11) is 3.73. The Hall–Kier alpha value is -1.85. The second-order valence-electron chi connectivity index (χ2n) is 6.78. The Balaban J connectivity index is 1.57. The SMILES string of the molecule is COc1cccc(CN2CCN(Cc3cnn(C)c3C)[C@@H](C)C2)c1. The largest absolute Gasteiger partial charge is 0.497 e. The molecular formula is C19H28N4O. The molecular weight excluding hydrogens is 300 g/mol. The Morgan fingerprint density at radius 1 is 1.25 bits per heavy atom. The first kappa shape index (κ1) is 17.0. The van der Waals surface area contributed by atoms with E-state index < -0.39 is 0 Å². The first-order valence-corrected chi connectivity index (χ1v) is 8.63. The Bertz CT molecular complexity index is 682. The fourth-order valence-electron chi connectivity index (χ4n) is 3.40. The number of nitrogens with zero attached hydrogens (tertiary/aromatic N) is 4.